The van der Waals surface area contributed by atoms with E-state index in [1.807, 2.05) is 0 Å². The molecule has 0 bridgehead atoms. The number of rotatable bonds is 0. The highest BCUT2D eigenvalue weighted by Gasteiger charge is 2.38. The number of fused-ring (bicyclic) bond motifs is 2. The van der Waals surface area contributed by atoms with Crippen LogP contribution in [0.2, 0.25) is 0 Å². The highest BCUT2D eigenvalue weighted by molar-refractivity contribution is 14.1. The predicted molar refractivity (Wildman–Crippen MR) is 77.4 cm³/mol. The lowest BCUT2D eigenvalue weighted by molar-refractivity contribution is -0.124. The Kier molecular flexibility index (Phi) is 3.24. The molecule has 1 aromatic carbocycles. The van der Waals surface area contributed by atoms with E-state index < -0.39 is 0 Å². The molecule has 0 aromatic heterocycles. The first kappa shape index (κ1) is 11.7. The summed E-state index contributed by atoms with van der Waals surface area (Å²) >= 11 is 2.57. The van der Waals surface area contributed by atoms with Gasteiger partial charge in [0.2, 0.25) is 0 Å². The smallest absolute Gasteiger partial charge is 0.140 e. The van der Waals surface area contributed by atoms with Crippen LogP contribution in [0.15, 0.2) is 24.3 Å². The molecule has 1 fully saturated rings. The van der Waals surface area contributed by atoms with Gasteiger partial charge in [-0.2, -0.15) is 0 Å². The van der Waals surface area contributed by atoms with E-state index in [1.165, 1.54) is 30.4 Å². The van der Waals surface area contributed by atoms with Crippen molar-refractivity contribution in [2.75, 3.05) is 0 Å². The van der Waals surface area contributed by atoms with Crippen molar-refractivity contribution in [2.24, 2.45) is 11.8 Å². The first-order valence-electron chi connectivity index (χ1n) is 6.52. The van der Waals surface area contributed by atoms with Crippen molar-refractivity contribution in [2.45, 2.75) is 36.0 Å². The fourth-order valence-electron chi connectivity index (χ4n) is 3.42. The lowest BCUT2D eigenvalue weighted by Crippen LogP contribution is -2.28. The molecule has 90 valence electrons. The van der Waals surface area contributed by atoms with Crippen molar-refractivity contribution in [1.29, 1.82) is 0 Å². The molecule has 3 atom stereocenters. The number of hydrogen-bond donors (Lipinski definition) is 0. The van der Waals surface area contributed by atoms with Crippen LogP contribution < -0.4 is 0 Å². The standard InChI is InChI=1S/C15H17IO/c16-15-11-6-2-1-5-10(11)9-14(17)12-7-3-4-8-13(12)15/h1-2,5-6,12-13,15H,3-4,7-9H2. The molecule has 17 heavy (non-hydrogen) atoms. The fourth-order valence-corrected chi connectivity index (χ4v) is 4.89. The van der Waals surface area contributed by atoms with Crippen LogP contribution in [0.4, 0.5) is 0 Å². The zero-order valence-corrected chi connectivity index (χ0v) is 12.0. The number of halogens is 1. The van der Waals surface area contributed by atoms with Crippen molar-refractivity contribution < 1.29 is 4.79 Å². The minimum atomic E-state index is 0.332. The van der Waals surface area contributed by atoms with Crippen LogP contribution in [-0.4, -0.2) is 5.78 Å². The summed E-state index contributed by atoms with van der Waals surface area (Å²) in [4.78, 5) is 12.4. The molecule has 2 aliphatic rings. The number of carbonyl (C=O) groups excluding carboxylic acids is 1. The molecule has 3 unspecified atom stereocenters. The van der Waals surface area contributed by atoms with Crippen LogP contribution in [-0.2, 0) is 11.2 Å². The monoisotopic (exact) mass is 340 g/mol. The maximum absolute atomic E-state index is 12.4. The van der Waals surface area contributed by atoms with E-state index in [0.717, 1.165) is 6.42 Å². The van der Waals surface area contributed by atoms with Crippen molar-refractivity contribution in [1.82, 2.24) is 0 Å². The van der Waals surface area contributed by atoms with E-state index in [4.69, 9.17) is 0 Å². The second kappa shape index (κ2) is 4.71. The predicted octanol–water partition coefficient (Wildman–Crippen LogP) is 4.09. The average molecular weight is 340 g/mol. The Morgan fingerprint density at radius 1 is 1.12 bits per heavy atom. The molecule has 0 N–H and O–H groups in total. The van der Waals surface area contributed by atoms with E-state index in [1.54, 1.807) is 0 Å². The third-order valence-electron chi connectivity index (χ3n) is 4.33. The van der Waals surface area contributed by atoms with E-state index in [2.05, 4.69) is 46.9 Å². The Balaban J connectivity index is 2.04. The maximum atomic E-state index is 12.4. The van der Waals surface area contributed by atoms with Crippen LogP contribution in [0.5, 0.6) is 0 Å². The molecule has 3 rings (SSSR count). The van der Waals surface area contributed by atoms with E-state index >= 15 is 0 Å². The summed E-state index contributed by atoms with van der Waals surface area (Å²) in [6.07, 6.45) is 5.56. The van der Waals surface area contributed by atoms with Gasteiger partial charge >= 0.3 is 0 Å². The van der Waals surface area contributed by atoms with Gasteiger partial charge in [0, 0.05) is 16.3 Å². The Labute approximate surface area is 116 Å². The fraction of sp³-hybridized carbons (Fsp3) is 0.533. The Hall–Kier alpha value is -0.380. The van der Waals surface area contributed by atoms with Crippen molar-refractivity contribution in [3.05, 3.63) is 35.4 Å². The summed E-state index contributed by atoms with van der Waals surface area (Å²) in [7, 11) is 0. The van der Waals surface area contributed by atoms with Gasteiger partial charge in [0.05, 0.1) is 0 Å². The molecule has 0 aliphatic heterocycles. The van der Waals surface area contributed by atoms with Crippen LogP contribution in [0.25, 0.3) is 0 Å². The Morgan fingerprint density at radius 3 is 2.76 bits per heavy atom. The first-order chi connectivity index (χ1) is 8.27. The Morgan fingerprint density at radius 2 is 1.88 bits per heavy atom. The summed E-state index contributed by atoms with van der Waals surface area (Å²) < 4.78 is 0.528. The SMILES string of the molecule is O=C1Cc2ccccc2C(I)C2CCCCC12. The lowest BCUT2D eigenvalue weighted by atomic mass is 9.75. The molecule has 0 saturated heterocycles. The van der Waals surface area contributed by atoms with Gasteiger partial charge in [-0.15, -0.1) is 0 Å². The molecular formula is C15H17IO. The van der Waals surface area contributed by atoms with Crippen LogP contribution in [0, 0.1) is 11.8 Å². The van der Waals surface area contributed by atoms with Crippen molar-refractivity contribution in [3.8, 4) is 0 Å². The van der Waals surface area contributed by atoms with Crippen LogP contribution in [0.3, 0.4) is 0 Å². The number of carbonyl (C=O) groups is 1. The van der Waals surface area contributed by atoms with E-state index in [0.29, 0.717) is 28.0 Å². The van der Waals surface area contributed by atoms with Crippen molar-refractivity contribution in [3.63, 3.8) is 0 Å². The number of ketones is 1. The molecule has 2 heteroatoms. The highest BCUT2D eigenvalue weighted by Crippen LogP contribution is 2.47. The third kappa shape index (κ3) is 2.05. The molecular weight excluding hydrogens is 323 g/mol. The maximum Gasteiger partial charge on any atom is 0.140 e. The summed E-state index contributed by atoms with van der Waals surface area (Å²) in [5.41, 5.74) is 2.68. The van der Waals surface area contributed by atoms with Gasteiger partial charge in [-0.25, -0.2) is 0 Å². The van der Waals surface area contributed by atoms with Crippen LogP contribution >= 0.6 is 22.6 Å². The first-order valence-corrected chi connectivity index (χ1v) is 7.76. The number of benzene rings is 1. The largest absolute Gasteiger partial charge is 0.299 e. The molecule has 2 aliphatic carbocycles. The molecule has 0 spiro atoms. The molecule has 1 saturated carbocycles. The summed E-state index contributed by atoms with van der Waals surface area (Å²) in [5.74, 6) is 1.40. The van der Waals surface area contributed by atoms with Gasteiger partial charge in [0.1, 0.15) is 5.78 Å². The van der Waals surface area contributed by atoms with Gasteiger partial charge in [-0.1, -0.05) is 59.7 Å². The van der Waals surface area contributed by atoms with Gasteiger partial charge in [0.15, 0.2) is 0 Å². The normalized spacial score (nSPS) is 32.5. The lowest BCUT2D eigenvalue weighted by Gasteiger charge is -2.32. The topological polar surface area (TPSA) is 17.1 Å². The average Bonchev–Trinajstić information content (AvgIpc) is 2.48. The summed E-state index contributed by atoms with van der Waals surface area (Å²) in [6, 6.07) is 8.52. The van der Waals surface area contributed by atoms with Crippen LogP contribution in [0.1, 0.15) is 40.7 Å². The third-order valence-corrected chi connectivity index (χ3v) is 5.92. The number of alkyl halides is 1. The van der Waals surface area contributed by atoms with Gasteiger partial charge in [-0.3, -0.25) is 4.79 Å². The van der Waals surface area contributed by atoms with Gasteiger partial charge < -0.3 is 0 Å². The molecule has 1 nitrogen and oxygen atoms in total. The van der Waals surface area contributed by atoms with Crippen molar-refractivity contribution >= 4 is 28.4 Å². The van der Waals surface area contributed by atoms with E-state index in [9.17, 15) is 4.79 Å². The Bertz CT molecular complexity index is 440. The van der Waals surface area contributed by atoms with E-state index in [-0.39, 0.29) is 0 Å². The minimum Gasteiger partial charge on any atom is -0.299 e. The van der Waals surface area contributed by atoms with Gasteiger partial charge in [0.25, 0.3) is 0 Å². The molecule has 0 amide bonds. The second-order valence-electron chi connectivity index (χ2n) is 5.30. The summed E-state index contributed by atoms with van der Waals surface area (Å²) in [5, 5.41) is 0. The van der Waals surface area contributed by atoms with Gasteiger partial charge in [-0.05, 0) is 29.9 Å². The number of Topliss-reactive ketones (excluding diaryl/α,β-unsaturated/α-hetero) is 1. The molecule has 0 heterocycles. The minimum absolute atomic E-state index is 0.332. The molecule has 0 radical (unpaired) electrons. The zero-order valence-electron chi connectivity index (χ0n) is 9.86. The summed E-state index contributed by atoms with van der Waals surface area (Å²) in [6.45, 7) is 0. The highest BCUT2D eigenvalue weighted by atomic mass is 127. The molecule has 1 aromatic rings. The number of hydrogen-bond acceptors (Lipinski definition) is 1. The second-order valence-corrected chi connectivity index (χ2v) is 6.64. The zero-order chi connectivity index (χ0) is 11.8. The quantitative estimate of drug-likeness (QED) is 0.513.